The number of rotatable bonds is 10. The Morgan fingerprint density at radius 1 is 0.969 bits per heavy atom. The van der Waals surface area contributed by atoms with Crippen molar-refractivity contribution in [2.24, 2.45) is 0 Å². The summed E-state index contributed by atoms with van der Waals surface area (Å²) in [4.78, 5) is 4.16. The van der Waals surface area contributed by atoms with Crippen molar-refractivity contribution in [3.63, 3.8) is 0 Å². The van der Waals surface area contributed by atoms with Gasteiger partial charge in [-0.15, -0.1) is 0 Å². The van der Waals surface area contributed by atoms with Gasteiger partial charge < -0.3 is 20.3 Å². The minimum Gasteiger partial charge on any atom is -0.481 e. The second-order valence-corrected chi connectivity index (χ2v) is 9.02. The van der Waals surface area contributed by atoms with Crippen LogP contribution in [0.3, 0.4) is 0 Å². The van der Waals surface area contributed by atoms with Crippen molar-refractivity contribution >= 4 is 0 Å². The molecule has 2 aromatic carbocycles. The number of aromatic nitrogens is 1. The van der Waals surface area contributed by atoms with Crippen molar-refractivity contribution in [3.8, 4) is 17.0 Å². The molecule has 0 aliphatic rings. The molecule has 0 aliphatic heterocycles. The van der Waals surface area contributed by atoms with Crippen LogP contribution in [0.2, 0.25) is 0 Å². The predicted molar refractivity (Wildman–Crippen MR) is 129 cm³/mol. The Bertz CT molecular complexity index is 984. The third kappa shape index (κ3) is 6.39. The number of nitrogens with zero attached hydrogens (tertiary/aromatic N) is 1. The third-order valence-electron chi connectivity index (χ3n) is 5.71. The number of methoxy groups -OCH3 is 1. The Labute approximate surface area is 191 Å². The molecule has 0 unspecified atom stereocenters. The quantitative estimate of drug-likeness (QED) is 0.425. The van der Waals surface area contributed by atoms with E-state index in [-0.39, 0.29) is 12.5 Å². The number of benzene rings is 2. The summed E-state index contributed by atoms with van der Waals surface area (Å²) >= 11 is 0. The Morgan fingerprint density at radius 3 is 2.28 bits per heavy atom. The minimum absolute atomic E-state index is 0.123. The highest BCUT2D eigenvalue weighted by molar-refractivity contribution is 5.64. The van der Waals surface area contributed by atoms with Crippen LogP contribution in [0.25, 0.3) is 11.1 Å². The summed E-state index contributed by atoms with van der Waals surface area (Å²) in [5.74, 6) is 0.596. The van der Waals surface area contributed by atoms with Gasteiger partial charge >= 0.3 is 0 Å². The Hall–Kier alpha value is -2.73. The summed E-state index contributed by atoms with van der Waals surface area (Å²) in [6, 6.07) is 22.0. The van der Waals surface area contributed by atoms with E-state index < -0.39 is 11.2 Å². The average Bonchev–Trinajstić information content (AvgIpc) is 2.78. The molecule has 3 rings (SSSR count). The van der Waals surface area contributed by atoms with E-state index in [1.165, 1.54) is 5.56 Å². The SMILES string of the molecule is COc1cc(-c2ccc([C@H](C)NCC[C@](O)(CC(C)(C)O)c3ccccc3)cc2)ccn1. The summed E-state index contributed by atoms with van der Waals surface area (Å²) in [6.45, 7) is 6.20. The van der Waals surface area contributed by atoms with Crippen LogP contribution in [0.15, 0.2) is 72.9 Å². The summed E-state index contributed by atoms with van der Waals surface area (Å²) in [5.41, 5.74) is 2.08. The van der Waals surface area contributed by atoms with Gasteiger partial charge in [-0.1, -0.05) is 54.6 Å². The van der Waals surface area contributed by atoms with E-state index in [4.69, 9.17) is 4.74 Å². The lowest BCUT2D eigenvalue weighted by atomic mass is 9.81. The van der Waals surface area contributed by atoms with Crippen LogP contribution in [0.1, 0.15) is 50.8 Å². The van der Waals surface area contributed by atoms with Gasteiger partial charge in [-0.3, -0.25) is 0 Å². The van der Waals surface area contributed by atoms with Crippen LogP contribution >= 0.6 is 0 Å². The van der Waals surface area contributed by atoms with Crippen molar-refractivity contribution in [1.29, 1.82) is 0 Å². The van der Waals surface area contributed by atoms with Gasteiger partial charge in [0.2, 0.25) is 5.88 Å². The predicted octanol–water partition coefficient (Wildman–Crippen LogP) is 4.85. The summed E-state index contributed by atoms with van der Waals surface area (Å²) in [5, 5.41) is 25.3. The normalized spacial score (nSPS) is 14.6. The molecular formula is C27H34N2O3. The summed E-state index contributed by atoms with van der Waals surface area (Å²) in [7, 11) is 1.61. The fourth-order valence-corrected chi connectivity index (χ4v) is 4.08. The van der Waals surface area contributed by atoms with E-state index in [1.54, 1.807) is 27.2 Å². The lowest BCUT2D eigenvalue weighted by Crippen LogP contribution is -2.38. The zero-order valence-corrected chi connectivity index (χ0v) is 19.4. The van der Waals surface area contributed by atoms with E-state index in [0.29, 0.717) is 18.8 Å². The van der Waals surface area contributed by atoms with Gasteiger partial charge in [-0.05, 0) is 62.1 Å². The zero-order chi connectivity index (χ0) is 23.2. The highest BCUT2D eigenvalue weighted by Gasteiger charge is 2.34. The highest BCUT2D eigenvalue weighted by atomic mass is 16.5. The molecule has 3 N–H and O–H groups in total. The molecule has 0 bridgehead atoms. The monoisotopic (exact) mass is 434 g/mol. The number of hydrogen-bond donors (Lipinski definition) is 3. The molecule has 5 heteroatoms. The lowest BCUT2D eigenvalue weighted by molar-refractivity contribution is -0.0555. The van der Waals surface area contributed by atoms with Crippen LogP contribution < -0.4 is 10.1 Å². The third-order valence-corrected chi connectivity index (χ3v) is 5.71. The minimum atomic E-state index is -1.10. The highest BCUT2D eigenvalue weighted by Crippen LogP contribution is 2.33. The van der Waals surface area contributed by atoms with Gasteiger partial charge in [0.15, 0.2) is 0 Å². The molecule has 2 atom stereocenters. The summed E-state index contributed by atoms with van der Waals surface area (Å²) < 4.78 is 5.21. The maximum atomic E-state index is 11.4. The van der Waals surface area contributed by atoms with Crippen LogP contribution in [0, 0.1) is 0 Å². The molecular weight excluding hydrogens is 400 g/mol. The fourth-order valence-electron chi connectivity index (χ4n) is 4.08. The second-order valence-electron chi connectivity index (χ2n) is 9.02. The molecule has 0 saturated carbocycles. The molecule has 0 aliphatic carbocycles. The second kappa shape index (κ2) is 10.3. The molecule has 5 nitrogen and oxygen atoms in total. The molecule has 3 aromatic rings. The zero-order valence-electron chi connectivity index (χ0n) is 19.4. The van der Waals surface area contributed by atoms with Gasteiger partial charge in [-0.2, -0.15) is 0 Å². The number of hydrogen-bond acceptors (Lipinski definition) is 5. The first-order valence-corrected chi connectivity index (χ1v) is 11.0. The van der Waals surface area contributed by atoms with Crippen molar-refractivity contribution in [2.75, 3.05) is 13.7 Å². The van der Waals surface area contributed by atoms with Crippen LogP contribution in [0.5, 0.6) is 5.88 Å². The van der Waals surface area contributed by atoms with Crippen LogP contribution in [-0.4, -0.2) is 34.5 Å². The molecule has 1 aromatic heterocycles. The lowest BCUT2D eigenvalue weighted by Gasteiger charge is -2.34. The fraction of sp³-hybridized carbons (Fsp3) is 0.370. The van der Waals surface area contributed by atoms with Gasteiger partial charge in [0, 0.05) is 24.7 Å². The van der Waals surface area contributed by atoms with Gasteiger partial charge in [0.05, 0.1) is 18.3 Å². The first-order valence-electron chi connectivity index (χ1n) is 11.0. The molecule has 0 radical (unpaired) electrons. The number of nitrogens with one attached hydrogen (secondary N) is 1. The molecule has 0 amide bonds. The van der Waals surface area contributed by atoms with Gasteiger partial charge in [-0.25, -0.2) is 4.98 Å². The number of ether oxygens (including phenoxy) is 1. The van der Waals surface area contributed by atoms with Crippen molar-refractivity contribution in [1.82, 2.24) is 10.3 Å². The molecule has 0 spiro atoms. The van der Waals surface area contributed by atoms with Gasteiger partial charge in [0.25, 0.3) is 0 Å². The number of aliphatic hydroxyl groups is 2. The van der Waals surface area contributed by atoms with Crippen molar-refractivity contribution < 1.29 is 14.9 Å². The van der Waals surface area contributed by atoms with Gasteiger partial charge in [0.1, 0.15) is 0 Å². The summed E-state index contributed by atoms with van der Waals surface area (Å²) in [6.07, 6.45) is 2.51. The van der Waals surface area contributed by atoms with Crippen LogP contribution in [-0.2, 0) is 5.60 Å². The molecule has 1 heterocycles. The van der Waals surface area contributed by atoms with E-state index in [9.17, 15) is 10.2 Å². The first-order chi connectivity index (χ1) is 15.2. The maximum Gasteiger partial charge on any atom is 0.213 e. The number of pyridine rings is 1. The Morgan fingerprint density at radius 2 is 1.66 bits per heavy atom. The van der Waals surface area contributed by atoms with E-state index in [1.807, 2.05) is 42.5 Å². The van der Waals surface area contributed by atoms with E-state index in [0.717, 1.165) is 16.7 Å². The standard InChI is InChI=1S/C27H34N2O3/c1-20(21-10-12-22(13-11-21)23-14-16-29-25(18-23)32-4)28-17-15-27(31,19-26(2,3)30)24-8-6-5-7-9-24/h5-14,16,18,20,28,30-31H,15,17,19H2,1-4H3/t20-,27-/m0/s1. The molecule has 170 valence electrons. The van der Waals surface area contributed by atoms with Crippen molar-refractivity contribution in [3.05, 3.63) is 84.1 Å². The molecule has 0 saturated heterocycles. The largest absolute Gasteiger partial charge is 0.481 e. The maximum absolute atomic E-state index is 11.4. The van der Waals surface area contributed by atoms with E-state index >= 15 is 0 Å². The topological polar surface area (TPSA) is 74.6 Å². The molecule has 0 fully saturated rings. The van der Waals surface area contributed by atoms with E-state index in [2.05, 4.69) is 41.5 Å². The smallest absolute Gasteiger partial charge is 0.213 e. The van der Waals surface area contributed by atoms with Crippen LogP contribution in [0.4, 0.5) is 0 Å². The Kier molecular flexibility index (Phi) is 7.67. The first kappa shape index (κ1) is 23.9. The molecule has 32 heavy (non-hydrogen) atoms. The average molecular weight is 435 g/mol. The Balaban J connectivity index is 1.64. The van der Waals surface area contributed by atoms with Crippen molar-refractivity contribution in [2.45, 2.75) is 50.9 Å².